The molecule has 3 amide bonds. The standard InChI is InChI=1S/C35H27Cl3N4O3S2/c1-2-31(34(45)42-35-41-30(20-46-35)23-15-16-27(37)28(38)17-23)47-25-13-8-12-24(19-25)39-33(44)29(18-22-11-6-7-14-26(22)36)40-32(43)21-9-4-3-5-10-21/h3-20,31H,2H2,1H3,(H,39,44)(H,40,43)(H,41,42,45)/b29-18+. The Labute approximate surface area is 295 Å². The average Bonchev–Trinajstić information content (AvgIpc) is 3.54. The van der Waals surface area contributed by atoms with Crippen molar-refractivity contribution in [2.24, 2.45) is 0 Å². The summed E-state index contributed by atoms with van der Waals surface area (Å²) < 4.78 is 0. The van der Waals surface area contributed by atoms with Crippen LogP contribution in [-0.4, -0.2) is 28.0 Å². The van der Waals surface area contributed by atoms with Crippen LogP contribution in [0.4, 0.5) is 10.8 Å². The van der Waals surface area contributed by atoms with Gasteiger partial charge in [0.25, 0.3) is 11.8 Å². The number of thiazole rings is 1. The van der Waals surface area contributed by atoms with E-state index in [0.29, 0.717) is 49.1 Å². The number of carbonyl (C=O) groups excluding carboxylic acids is 3. The summed E-state index contributed by atoms with van der Waals surface area (Å²) in [6.45, 7) is 1.92. The summed E-state index contributed by atoms with van der Waals surface area (Å²) in [6.07, 6.45) is 2.08. The van der Waals surface area contributed by atoms with Crippen LogP contribution in [0, 0.1) is 0 Å². The molecular formula is C35H27Cl3N4O3S2. The minimum Gasteiger partial charge on any atom is -0.321 e. The van der Waals surface area contributed by atoms with E-state index in [1.807, 2.05) is 24.4 Å². The predicted molar refractivity (Wildman–Crippen MR) is 195 cm³/mol. The lowest BCUT2D eigenvalue weighted by molar-refractivity contribution is -0.116. The van der Waals surface area contributed by atoms with Crippen LogP contribution in [0.1, 0.15) is 29.3 Å². The van der Waals surface area contributed by atoms with E-state index in [1.165, 1.54) is 29.2 Å². The summed E-state index contributed by atoms with van der Waals surface area (Å²) in [7, 11) is 0. The van der Waals surface area contributed by atoms with Crippen molar-refractivity contribution in [3.05, 3.63) is 134 Å². The number of rotatable bonds is 11. The van der Waals surface area contributed by atoms with E-state index in [4.69, 9.17) is 34.8 Å². The normalized spacial score (nSPS) is 11.9. The molecule has 0 aliphatic carbocycles. The van der Waals surface area contributed by atoms with Gasteiger partial charge in [0, 0.05) is 32.1 Å². The van der Waals surface area contributed by atoms with Gasteiger partial charge < -0.3 is 16.0 Å². The van der Waals surface area contributed by atoms with Crippen molar-refractivity contribution < 1.29 is 14.4 Å². The highest BCUT2D eigenvalue weighted by Gasteiger charge is 2.21. The van der Waals surface area contributed by atoms with Crippen LogP contribution in [-0.2, 0) is 9.59 Å². The Kier molecular flexibility index (Phi) is 11.7. The van der Waals surface area contributed by atoms with E-state index in [2.05, 4.69) is 20.9 Å². The van der Waals surface area contributed by atoms with E-state index in [0.717, 1.165) is 10.5 Å². The Bertz CT molecular complexity index is 1950. The number of benzene rings is 4. The van der Waals surface area contributed by atoms with Gasteiger partial charge >= 0.3 is 0 Å². The quantitative estimate of drug-likeness (QED) is 0.0932. The third-order valence-electron chi connectivity index (χ3n) is 6.72. The first kappa shape index (κ1) is 34.2. The van der Waals surface area contributed by atoms with Crippen molar-refractivity contribution in [2.75, 3.05) is 10.6 Å². The molecule has 47 heavy (non-hydrogen) atoms. The SMILES string of the molecule is CCC(Sc1cccc(NC(=O)/C(=C\c2ccccc2Cl)NC(=O)c2ccccc2)c1)C(=O)Nc1nc(-c2ccc(Cl)c(Cl)c2)cs1. The minimum atomic E-state index is -0.539. The second-order valence-electron chi connectivity index (χ2n) is 10.1. The van der Waals surface area contributed by atoms with Crippen LogP contribution in [0.3, 0.4) is 0 Å². The fourth-order valence-corrected chi connectivity index (χ4v) is 6.55. The maximum Gasteiger partial charge on any atom is 0.272 e. The molecule has 0 radical (unpaired) electrons. The molecule has 0 aliphatic rings. The topological polar surface area (TPSA) is 100 Å². The predicted octanol–water partition coefficient (Wildman–Crippen LogP) is 9.69. The Balaban J connectivity index is 1.28. The van der Waals surface area contributed by atoms with Gasteiger partial charge in [0.2, 0.25) is 5.91 Å². The fraction of sp³-hybridized carbons (Fsp3) is 0.0857. The number of nitrogens with zero attached hydrogens (tertiary/aromatic N) is 1. The molecule has 5 aromatic rings. The van der Waals surface area contributed by atoms with E-state index < -0.39 is 17.1 Å². The molecule has 7 nitrogen and oxygen atoms in total. The van der Waals surface area contributed by atoms with Crippen molar-refractivity contribution in [1.82, 2.24) is 10.3 Å². The number of aromatic nitrogens is 1. The molecule has 12 heteroatoms. The molecule has 0 saturated heterocycles. The summed E-state index contributed by atoms with van der Waals surface area (Å²) >= 11 is 21.2. The molecule has 0 aliphatic heterocycles. The summed E-state index contributed by atoms with van der Waals surface area (Å²) in [5.41, 5.74) is 2.94. The van der Waals surface area contributed by atoms with Crippen molar-refractivity contribution in [2.45, 2.75) is 23.5 Å². The molecule has 0 fully saturated rings. The molecular weight excluding hydrogens is 695 g/mol. The first-order valence-electron chi connectivity index (χ1n) is 14.3. The molecule has 0 spiro atoms. The van der Waals surface area contributed by atoms with Gasteiger partial charge in [-0.3, -0.25) is 14.4 Å². The van der Waals surface area contributed by atoms with Crippen LogP contribution >= 0.6 is 57.9 Å². The third-order valence-corrected chi connectivity index (χ3v) is 9.92. The molecule has 1 atom stereocenters. The van der Waals surface area contributed by atoms with Crippen LogP contribution < -0.4 is 16.0 Å². The number of hydrogen-bond acceptors (Lipinski definition) is 6. The smallest absolute Gasteiger partial charge is 0.272 e. The number of nitrogens with one attached hydrogen (secondary N) is 3. The Morgan fingerprint density at radius 1 is 0.851 bits per heavy atom. The number of hydrogen-bond donors (Lipinski definition) is 3. The zero-order chi connectivity index (χ0) is 33.3. The lowest BCUT2D eigenvalue weighted by Crippen LogP contribution is -2.30. The number of amides is 3. The lowest BCUT2D eigenvalue weighted by Gasteiger charge is -2.15. The highest BCUT2D eigenvalue weighted by atomic mass is 35.5. The van der Waals surface area contributed by atoms with Crippen LogP contribution in [0.25, 0.3) is 17.3 Å². The van der Waals surface area contributed by atoms with Crippen LogP contribution in [0.2, 0.25) is 15.1 Å². The molecule has 1 heterocycles. The van der Waals surface area contributed by atoms with Crippen LogP contribution in [0.5, 0.6) is 0 Å². The van der Waals surface area contributed by atoms with E-state index in [9.17, 15) is 14.4 Å². The number of halogens is 3. The second kappa shape index (κ2) is 16.1. The molecule has 238 valence electrons. The fourth-order valence-electron chi connectivity index (χ4n) is 4.33. The summed E-state index contributed by atoms with van der Waals surface area (Å²) in [6, 6.07) is 28.0. The zero-order valence-electron chi connectivity index (χ0n) is 24.8. The van der Waals surface area contributed by atoms with Gasteiger partial charge in [0.15, 0.2) is 5.13 Å². The van der Waals surface area contributed by atoms with E-state index in [1.54, 1.807) is 84.9 Å². The zero-order valence-corrected chi connectivity index (χ0v) is 28.7. The number of carbonyl (C=O) groups is 3. The van der Waals surface area contributed by atoms with Gasteiger partial charge in [0.05, 0.1) is 21.0 Å². The minimum absolute atomic E-state index is 0.0134. The largest absolute Gasteiger partial charge is 0.321 e. The van der Waals surface area contributed by atoms with Gasteiger partial charge in [0.1, 0.15) is 5.70 Å². The lowest BCUT2D eigenvalue weighted by atomic mass is 10.1. The summed E-state index contributed by atoms with van der Waals surface area (Å²) in [5.74, 6) is -1.18. The van der Waals surface area contributed by atoms with Gasteiger partial charge in [-0.2, -0.15) is 0 Å². The molecule has 1 aromatic heterocycles. The Hall–Kier alpha value is -4.12. The maximum atomic E-state index is 13.5. The van der Waals surface area contributed by atoms with Gasteiger partial charge in [-0.15, -0.1) is 23.1 Å². The van der Waals surface area contributed by atoms with Crippen molar-refractivity contribution >= 4 is 92.5 Å². The van der Waals surface area contributed by atoms with E-state index >= 15 is 0 Å². The van der Waals surface area contributed by atoms with Gasteiger partial charge in [-0.25, -0.2) is 4.98 Å². The molecule has 0 bridgehead atoms. The second-order valence-corrected chi connectivity index (χ2v) is 13.4. The van der Waals surface area contributed by atoms with Crippen molar-refractivity contribution in [3.8, 4) is 11.3 Å². The first-order valence-corrected chi connectivity index (χ1v) is 17.2. The third kappa shape index (κ3) is 9.24. The van der Waals surface area contributed by atoms with Gasteiger partial charge in [-0.05, 0) is 66.6 Å². The first-order chi connectivity index (χ1) is 22.7. The highest BCUT2D eigenvalue weighted by molar-refractivity contribution is 8.00. The molecule has 4 aromatic carbocycles. The molecule has 5 rings (SSSR count). The van der Waals surface area contributed by atoms with Gasteiger partial charge in [-0.1, -0.05) is 90.3 Å². The molecule has 1 unspecified atom stereocenters. The molecule has 0 saturated carbocycles. The Morgan fingerprint density at radius 3 is 2.36 bits per heavy atom. The molecule has 3 N–H and O–H groups in total. The Morgan fingerprint density at radius 2 is 1.62 bits per heavy atom. The summed E-state index contributed by atoms with van der Waals surface area (Å²) in [5, 5.41) is 11.7. The number of anilines is 2. The number of thioether (sulfide) groups is 1. The maximum absolute atomic E-state index is 13.5. The highest BCUT2D eigenvalue weighted by Crippen LogP contribution is 2.32. The average molecular weight is 722 g/mol. The van der Waals surface area contributed by atoms with Crippen LogP contribution in [0.15, 0.2) is 113 Å². The summed E-state index contributed by atoms with van der Waals surface area (Å²) in [4.78, 5) is 45.0. The van der Waals surface area contributed by atoms with Crippen molar-refractivity contribution in [1.29, 1.82) is 0 Å². The van der Waals surface area contributed by atoms with Crippen molar-refractivity contribution in [3.63, 3.8) is 0 Å². The van der Waals surface area contributed by atoms with E-state index in [-0.39, 0.29) is 11.6 Å². The monoisotopic (exact) mass is 720 g/mol.